The Kier molecular flexibility index (Phi) is 4.16. The molecule has 0 radical (unpaired) electrons. The average Bonchev–Trinajstić information content (AvgIpc) is 2.60. The molecule has 0 aliphatic carbocycles. The summed E-state index contributed by atoms with van der Waals surface area (Å²) in [7, 11) is -3.46. The number of hydrogen-bond donors (Lipinski definition) is 0. The quantitative estimate of drug-likeness (QED) is 0.814. The Labute approximate surface area is 118 Å². The molecular formula is C9H11BrClNO3S2. The van der Waals surface area contributed by atoms with Gasteiger partial charge in [0.05, 0.1) is 22.0 Å². The van der Waals surface area contributed by atoms with Crippen molar-refractivity contribution < 1.29 is 13.2 Å². The molecule has 1 saturated heterocycles. The summed E-state index contributed by atoms with van der Waals surface area (Å²) in [6.45, 7) is 3.08. The predicted molar refractivity (Wildman–Crippen MR) is 71.2 cm³/mol. The maximum atomic E-state index is 12.4. The molecule has 1 aromatic rings. The van der Waals surface area contributed by atoms with E-state index in [9.17, 15) is 8.42 Å². The number of rotatable bonds is 2. The molecule has 0 unspecified atom stereocenters. The minimum atomic E-state index is -3.46. The Bertz CT molecular complexity index is 497. The molecule has 8 heteroatoms. The van der Waals surface area contributed by atoms with Crippen LogP contribution in [-0.4, -0.2) is 38.5 Å². The highest BCUT2D eigenvalue weighted by Gasteiger charge is 2.33. The lowest BCUT2D eigenvalue weighted by molar-refractivity contribution is 0.0393. The normalized spacial score (nSPS) is 22.9. The monoisotopic (exact) mass is 359 g/mol. The van der Waals surface area contributed by atoms with Gasteiger partial charge in [-0.05, 0) is 28.9 Å². The van der Waals surface area contributed by atoms with Gasteiger partial charge in [0.25, 0.3) is 10.0 Å². The van der Waals surface area contributed by atoms with Gasteiger partial charge in [-0.1, -0.05) is 11.6 Å². The van der Waals surface area contributed by atoms with E-state index in [0.717, 1.165) is 11.3 Å². The molecule has 1 fully saturated rings. The fourth-order valence-corrected chi connectivity index (χ4v) is 5.77. The van der Waals surface area contributed by atoms with Crippen molar-refractivity contribution in [3.63, 3.8) is 0 Å². The standard InChI is InChI=1S/C9H11BrClNO3S2/c1-6-5-15-3-2-12(6)17(13,14)8-4-7(11)9(10)16-8/h4,6H,2-3,5H2,1H3/t6-/m1/s1. The van der Waals surface area contributed by atoms with E-state index < -0.39 is 10.0 Å². The molecule has 0 N–H and O–H groups in total. The first-order valence-electron chi connectivity index (χ1n) is 4.97. The molecule has 1 aliphatic rings. The number of thiophene rings is 1. The molecule has 17 heavy (non-hydrogen) atoms. The van der Waals surface area contributed by atoms with Crippen LogP contribution in [0.25, 0.3) is 0 Å². The van der Waals surface area contributed by atoms with Crippen LogP contribution in [0, 0.1) is 0 Å². The second-order valence-corrected chi connectivity index (χ2v) is 8.62. The molecule has 96 valence electrons. The Hall–Kier alpha value is 0.340. The van der Waals surface area contributed by atoms with Gasteiger partial charge >= 0.3 is 0 Å². The molecule has 0 spiro atoms. The fourth-order valence-electron chi connectivity index (χ4n) is 1.64. The van der Waals surface area contributed by atoms with Crippen molar-refractivity contribution in [3.05, 3.63) is 14.9 Å². The number of morpholine rings is 1. The zero-order valence-corrected chi connectivity index (χ0v) is 13.0. The van der Waals surface area contributed by atoms with Gasteiger partial charge in [0.1, 0.15) is 4.21 Å². The number of nitrogens with zero attached hydrogens (tertiary/aromatic N) is 1. The Morgan fingerprint density at radius 3 is 2.88 bits per heavy atom. The lowest BCUT2D eigenvalue weighted by Crippen LogP contribution is -2.46. The Balaban J connectivity index is 2.35. The van der Waals surface area contributed by atoms with E-state index in [2.05, 4.69) is 15.9 Å². The van der Waals surface area contributed by atoms with Crippen LogP contribution >= 0.6 is 38.9 Å². The summed E-state index contributed by atoms with van der Waals surface area (Å²) in [6, 6.07) is 1.33. The lowest BCUT2D eigenvalue weighted by atomic mass is 10.3. The molecule has 0 aromatic carbocycles. The van der Waals surface area contributed by atoms with E-state index in [1.54, 1.807) is 0 Å². The van der Waals surface area contributed by atoms with Gasteiger partial charge in [-0.3, -0.25) is 0 Å². The van der Waals surface area contributed by atoms with E-state index in [1.165, 1.54) is 10.4 Å². The van der Waals surface area contributed by atoms with Crippen molar-refractivity contribution in [1.82, 2.24) is 4.31 Å². The summed E-state index contributed by atoms with van der Waals surface area (Å²) < 4.78 is 32.3. The van der Waals surface area contributed by atoms with E-state index in [4.69, 9.17) is 16.3 Å². The van der Waals surface area contributed by atoms with Crippen LogP contribution in [0.4, 0.5) is 0 Å². The van der Waals surface area contributed by atoms with Crippen LogP contribution in [-0.2, 0) is 14.8 Å². The molecule has 1 atom stereocenters. The smallest absolute Gasteiger partial charge is 0.253 e. The first-order chi connectivity index (χ1) is 7.93. The summed E-state index contributed by atoms with van der Waals surface area (Å²) in [4.78, 5) is 0. The third-order valence-electron chi connectivity index (χ3n) is 2.49. The van der Waals surface area contributed by atoms with E-state index >= 15 is 0 Å². The second kappa shape index (κ2) is 5.14. The van der Waals surface area contributed by atoms with Crippen LogP contribution in [0.5, 0.6) is 0 Å². The van der Waals surface area contributed by atoms with Crippen molar-refractivity contribution in [2.45, 2.75) is 17.2 Å². The highest BCUT2D eigenvalue weighted by Crippen LogP contribution is 2.36. The first-order valence-corrected chi connectivity index (χ1v) is 8.40. The number of halogens is 2. The van der Waals surface area contributed by atoms with Crippen molar-refractivity contribution in [2.24, 2.45) is 0 Å². The van der Waals surface area contributed by atoms with E-state index in [1.807, 2.05) is 6.92 Å². The predicted octanol–water partition coefficient (Wildman–Crippen LogP) is 2.57. The molecule has 0 amide bonds. The minimum absolute atomic E-state index is 0.145. The zero-order chi connectivity index (χ0) is 12.6. The van der Waals surface area contributed by atoms with Gasteiger partial charge in [0.2, 0.25) is 0 Å². The average molecular weight is 361 g/mol. The van der Waals surface area contributed by atoms with Gasteiger partial charge in [-0.15, -0.1) is 11.3 Å². The van der Waals surface area contributed by atoms with E-state index in [0.29, 0.717) is 28.6 Å². The SMILES string of the molecule is C[C@@H]1COCCN1S(=O)(=O)c1cc(Cl)c(Br)s1. The summed E-state index contributed by atoms with van der Waals surface area (Å²) >= 11 is 10.2. The Morgan fingerprint density at radius 1 is 1.65 bits per heavy atom. The van der Waals surface area contributed by atoms with Crippen molar-refractivity contribution >= 4 is 48.9 Å². The van der Waals surface area contributed by atoms with Crippen LogP contribution in [0.15, 0.2) is 14.1 Å². The maximum Gasteiger partial charge on any atom is 0.253 e. The molecule has 1 aliphatic heterocycles. The van der Waals surface area contributed by atoms with Gasteiger partial charge in [0.15, 0.2) is 0 Å². The first kappa shape index (κ1) is 13.8. The molecule has 0 saturated carbocycles. The number of hydrogen-bond acceptors (Lipinski definition) is 4. The van der Waals surface area contributed by atoms with Crippen molar-refractivity contribution in [3.8, 4) is 0 Å². The topological polar surface area (TPSA) is 46.6 Å². The van der Waals surface area contributed by atoms with Crippen LogP contribution in [0.2, 0.25) is 5.02 Å². The minimum Gasteiger partial charge on any atom is -0.378 e. The van der Waals surface area contributed by atoms with Crippen LogP contribution < -0.4 is 0 Å². The van der Waals surface area contributed by atoms with Gasteiger partial charge in [-0.2, -0.15) is 4.31 Å². The van der Waals surface area contributed by atoms with Gasteiger partial charge < -0.3 is 4.74 Å². The highest BCUT2D eigenvalue weighted by molar-refractivity contribution is 9.11. The Morgan fingerprint density at radius 2 is 2.35 bits per heavy atom. The number of ether oxygens (including phenoxy) is 1. The maximum absolute atomic E-state index is 12.4. The number of sulfonamides is 1. The zero-order valence-electron chi connectivity index (χ0n) is 9.02. The lowest BCUT2D eigenvalue weighted by Gasteiger charge is -2.31. The van der Waals surface area contributed by atoms with Crippen LogP contribution in [0.3, 0.4) is 0 Å². The van der Waals surface area contributed by atoms with E-state index in [-0.39, 0.29) is 10.3 Å². The molecular weight excluding hydrogens is 350 g/mol. The summed E-state index contributed by atoms with van der Waals surface area (Å²) in [5, 5.41) is 0.425. The van der Waals surface area contributed by atoms with Crippen molar-refractivity contribution in [1.29, 1.82) is 0 Å². The van der Waals surface area contributed by atoms with Gasteiger partial charge in [-0.25, -0.2) is 8.42 Å². The molecule has 0 bridgehead atoms. The summed E-state index contributed by atoms with van der Waals surface area (Å²) in [5.41, 5.74) is 0. The van der Waals surface area contributed by atoms with Crippen LogP contribution in [0.1, 0.15) is 6.92 Å². The molecule has 2 rings (SSSR count). The molecule has 4 nitrogen and oxygen atoms in total. The molecule has 1 aromatic heterocycles. The highest BCUT2D eigenvalue weighted by atomic mass is 79.9. The third kappa shape index (κ3) is 2.69. The largest absolute Gasteiger partial charge is 0.378 e. The summed E-state index contributed by atoms with van der Waals surface area (Å²) in [5.74, 6) is 0. The third-order valence-corrected chi connectivity index (χ3v) is 7.43. The van der Waals surface area contributed by atoms with Gasteiger partial charge in [0, 0.05) is 12.6 Å². The van der Waals surface area contributed by atoms with Crippen molar-refractivity contribution in [2.75, 3.05) is 19.8 Å². The molecule has 2 heterocycles. The fraction of sp³-hybridized carbons (Fsp3) is 0.556. The summed E-state index contributed by atoms with van der Waals surface area (Å²) in [6.07, 6.45) is 0. The second-order valence-electron chi connectivity index (χ2n) is 3.73.